The molecule has 0 aliphatic carbocycles. The minimum Gasteiger partial charge on any atom is -0.480 e. The van der Waals surface area contributed by atoms with Crippen LogP contribution in [0.3, 0.4) is 0 Å². The first-order valence-corrected chi connectivity index (χ1v) is 40.4. The first-order chi connectivity index (χ1) is 56.2. The van der Waals surface area contributed by atoms with Crippen molar-refractivity contribution in [1.82, 2.24) is 66.0 Å². The molecule has 2 aliphatic heterocycles. The highest BCUT2D eigenvalue weighted by molar-refractivity contribution is 5.98. The number of para-hydroxylation sites is 1. The summed E-state index contributed by atoms with van der Waals surface area (Å²) < 4.78 is 5.51. The van der Waals surface area contributed by atoms with Crippen LogP contribution in [0.4, 0.5) is 5.69 Å². The van der Waals surface area contributed by atoms with E-state index in [9.17, 15) is 87.2 Å². The minimum atomic E-state index is -1.33. The van der Waals surface area contributed by atoms with Gasteiger partial charge in [-0.25, -0.2) is 4.98 Å². The lowest BCUT2D eigenvalue weighted by molar-refractivity contribution is -0.140. The van der Waals surface area contributed by atoms with Crippen LogP contribution in [-0.2, 0) is 102 Å². The number of carboxylic acid groups (broad SMARTS) is 3. The van der Waals surface area contributed by atoms with Gasteiger partial charge in [0.2, 0.25) is 41.4 Å². The number of nitrogens with zero attached hydrogens (tertiary/aromatic N) is 6. The van der Waals surface area contributed by atoms with Gasteiger partial charge < -0.3 is 67.7 Å². The average Bonchev–Trinajstić information content (AvgIpc) is 1.66. The molecule has 7 amide bonds. The Labute approximate surface area is 687 Å². The maximum Gasteiger partial charge on any atom is 0.317 e. The lowest BCUT2D eigenvalue weighted by Gasteiger charge is -2.32. The number of imidazole rings is 1. The van der Waals surface area contributed by atoms with Crippen molar-refractivity contribution < 1.29 is 92.0 Å². The van der Waals surface area contributed by atoms with Gasteiger partial charge in [-0.1, -0.05) is 95.3 Å². The number of nitrogens with two attached hydrogens (primary N) is 1. The fourth-order valence-electron chi connectivity index (χ4n) is 14.9. The third-order valence-electron chi connectivity index (χ3n) is 21.1. The van der Waals surface area contributed by atoms with Crippen molar-refractivity contribution in [2.45, 2.75) is 162 Å². The highest BCUT2D eigenvalue weighted by Gasteiger charge is 2.37. The van der Waals surface area contributed by atoms with E-state index in [-0.39, 0.29) is 172 Å². The van der Waals surface area contributed by atoms with Gasteiger partial charge in [-0.05, 0) is 98.2 Å². The molecule has 34 heteroatoms. The van der Waals surface area contributed by atoms with Gasteiger partial charge in [-0.2, -0.15) is 0 Å². The maximum absolute atomic E-state index is 14.8. The molecule has 3 aromatic carbocycles. The smallest absolute Gasteiger partial charge is 0.317 e. The van der Waals surface area contributed by atoms with Gasteiger partial charge in [0.25, 0.3) is 0 Å². The molecule has 118 heavy (non-hydrogen) atoms. The molecule has 0 radical (unpaired) electrons. The van der Waals surface area contributed by atoms with Gasteiger partial charge in [0.1, 0.15) is 19.0 Å². The molecule has 642 valence electrons. The molecular weight excluding hydrogens is 1520 g/mol. The van der Waals surface area contributed by atoms with Crippen molar-refractivity contribution in [2.75, 3.05) is 110 Å². The number of H-pyrrole nitrogens is 2. The van der Waals surface area contributed by atoms with Crippen molar-refractivity contribution >= 4 is 105 Å². The minimum absolute atomic E-state index is 0.0575. The van der Waals surface area contributed by atoms with Crippen LogP contribution in [0.25, 0.3) is 10.9 Å². The lowest BCUT2D eigenvalue weighted by Crippen LogP contribution is -2.49. The second kappa shape index (κ2) is 48.2. The standard InChI is InChI=1S/C84H117N15O19/c1-53(2)35-59(45-99-26-12-17-69(99)56(6)100)38-72(103)68(41-63-44-86-52-89-63)91-75(106)25-23-70(101)82(54(3)4)94-83(116)55(5)36-71(102)67(39-61-43-87-65-16-11-10-15-64(61)65)93-84(117)60(20-24-74(85)105)40-73(104)66(37-57-13-8-7-9-14-57)92-78(109)51-118-50-77(108)90-62-21-18-58(19-22-62)42-88-76(107)46-95-27-29-96(47-79(110)111)31-33-98(49-81(114)115)34-32-97(30-28-95)48-80(112)113/h7-11,13-16,18-19,21-22,43-44,52-55,59-60,66-69,82,87H,12,17,20,23-42,45-51H2,1-6H3,(H2,85,105)(H,86,89)(H,88,107)(H,90,108)(H,91,106)(H,92,109)(H,93,117)(H,94,116)(H,110,111)(H,112,113)(H,114,115)/t55-,59-,60-,66-,67+,68+,69+,82+/m1/s1. The summed E-state index contributed by atoms with van der Waals surface area (Å²) in [5, 5.41) is 46.1. The van der Waals surface area contributed by atoms with Crippen LogP contribution in [0, 0.1) is 29.6 Å². The number of carbonyl (C=O) groups excluding carboxylic acids is 12. The summed E-state index contributed by atoms with van der Waals surface area (Å²) in [4.78, 5) is 220. The fraction of sp³-hybridized carbons (Fsp3) is 0.548. The van der Waals surface area contributed by atoms with Gasteiger partial charge in [-0.15, -0.1) is 0 Å². The number of fused-ring (bicyclic) bond motifs is 1. The normalized spacial score (nSPS) is 16.7. The van der Waals surface area contributed by atoms with Crippen molar-refractivity contribution in [3.8, 4) is 0 Å². The Kier molecular flexibility index (Phi) is 38.5. The average molecular weight is 1640 g/mol. The molecular formula is C84H117N15O19. The number of amides is 7. The van der Waals surface area contributed by atoms with Gasteiger partial charge >= 0.3 is 17.9 Å². The van der Waals surface area contributed by atoms with E-state index < -0.39 is 139 Å². The predicted molar refractivity (Wildman–Crippen MR) is 436 cm³/mol. The third-order valence-corrected chi connectivity index (χ3v) is 21.1. The number of ketones is 5. The summed E-state index contributed by atoms with van der Waals surface area (Å²) in [5.41, 5.74) is 9.23. The van der Waals surface area contributed by atoms with Gasteiger partial charge in [-0.3, -0.25) is 96.4 Å². The first-order valence-electron chi connectivity index (χ1n) is 40.4. The molecule has 13 N–H and O–H groups in total. The number of carboxylic acids is 3. The predicted octanol–water partition coefficient (Wildman–Crippen LogP) is 2.72. The maximum atomic E-state index is 14.8. The number of aliphatic carboxylic acids is 3. The van der Waals surface area contributed by atoms with Crippen LogP contribution in [0.15, 0.2) is 97.6 Å². The number of ether oxygens (including phenoxy) is 1. The Morgan fingerprint density at radius 2 is 1.13 bits per heavy atom. The van der Waals surface area contributed by atoms with Crippen molar-refractivity contribution in [1.29, 1.82) is 0 Å². The number of aromatic nitrogens is 3. The molecule has 34 nitrogen and oxygen atoms in total. The molecule has 0 spiro atoms. The number of nitrogens with one attached hydrogen (secondary N) is 8. The zero-order valence-corrected chi connectivity index (χ0v) is 68.4. The van der Waals surface area contributed by atoms with Crippen LogP contribution in [0.5, 0.6) is 0 Å². The summed E-state index contributed by atoms with van der Waals surface area (Å²) in [6.45, 7) is 11.6. The summed E-state index contributed by atoms with van der Waals surface area (Å²) in [7, 11) is 0. The first kappa shape index (κ1) is 94.4. The number of likely N-dealkylation sites (tertiary alicyclic amines) is 1. The van der Waals surface area contributed by atoms with Crippen molar-refractivity contribution in [2.24, 2.45) is 35.3 Å². The molecule has 0 bridgehead atoms. The number of carbonyl (C=O) groups is 15. The largest absolute Gasteiger partial charge is 0.480 e. The number of aromatic amines is 2. The van der Waals surface area contributed by atoms with Gasteiger partial charge in [0.05, 0.1) is 62.7 Å². The highest BCUT2D eigenvalue weighted by Crippen LogP contribution is 2.27. The molecule has 5 aromatic rings. The van der Waals surface area contributed by atoms with Crippen LogP contribution >= 0.6 is 0 Å². The topological polar surface area (TPSA) is 485 Å². The Balaban J connectivity index is 0.940. The Morgan fingerprint density at radius 3 is 1.71 bits per heavy atom. The van der Waals surface area contributed by atoms with E-state index in [0.717, 1.165) is 36.7 Å². The van der Waals surface area contributed by atoms with E-state index in [1.807, 2.05) is 18.2 Å². The number of hydrogen-bond acceptors (Lipinski definition) is 22. The highest BCUT2D eigenvalue weighted by atomic mass is 16.5. The van der Waals surface area contributed by atoms with E-state index in [0.29, 0.717) is 34.6 Å². The second-order valence-corrected chi connectivity index (χ2v) is 31.7. The number of hydrogen-bond donors (Lipinski definition) is 12. The van der Waals surface area contributed by atoms with Crippen LogP contribution in [0.2, 0.25) is 0 Å². The molecule has 2 aromatic heterocycles. The number of benzene rings is 3. The SMILES string of the molecule is CC(=O)[C@@H]1CCCN1C[C@@H](CC(=O)[C@H](Cc1cnc[nH]1)NC(=O)CCC(=O)[C@@H](NC(=O)[C@H](C)CC(=O)[C@H](Cc1c[nH]c2ccccc12)NC(=O)[C@H](CCC(N)=O)CC(=O)[C@@H](Cc1ccccc1)NC(=O)COCC(=O)Nc1ccc(CNC(=O)CN2CCN(CC(=O)O)CCN(CC(=O)O)CCN(CC(=O)O)CC2)cc1)C(C)C)CC(C)C. The Hall–Kier alpha value is -10.8. The van der Waals surface area contributed by atoms with E-state index in [1.54, 1.807) is 113 Å². The fourth-order valence-corrected chi connectivity index (χ4v) is 14.9. The second-order valence-electron chi connectivity index (χ2n) is 31.7. The van der Waals surface area contributed by atoms with E-state index in [4.69, 9.17) is 10.5 Å². The van der Waals surface area contributed by atoms with Gasteiger partial charge in [0.15, 0.2) is 23.1 Å². The molecule has 8 atom stereocenters. The summed E-state index contributed by atoms with van der Waals surface area (Å²) in [5.74, 6) is -12.3. The quantitative estimate of drug-likeness (QED) is 0.0266. The van der Waals surface area contributed by atoms with E-state index >= 15 is 0 Å². The third kappa shape index (κ3) is 33.3. The molecule has 7 rings (SSSR count). The molecule has 0 unspecified atom stereocenters. The van der Waals surface area contributed by atoms with Crippen LogP contribution in [0.1, 0.15) is 128 Å². The monoisotopic (exact) mass is 1640 g/mol. The van der Waals surface area contributed by atoms with E-state index in [1.165, 1.54) is 13.3 Å². The summed E-state index contributed by atoms with van der Waals surface area (Å²) >= 11 is 0. The zero-order valence-electron chi connectivity index (χ0n) is 68.4. The summed E-state index contributed by atoms with van der Waals surface area (Å²) in [6.07, 6.45) is 5.02. The number of rotatable bonds is 49. The van der Waals surface area contributed by atoms with Gasteiger partial charge in [0, 0.05) is 163 Å². The van der Waals surface area contributed by atoms with Crippen molar-refractivity contribution in [3.05, 3.63) is 120 Å². The Morgan fingerprint density at radius 1 is 0.559 bits per heavy atom. The van der Waals surface area contributed by atoms with E-state index in [2.05, 4.69) is 65.6 Å². The molecule has 2 fully saturated rings. The molecule has 2 aliphatic rings. The van der Waals surface area contributed by atoms with Crippen molar-refractivity contribution in [3.63, 3.8) is 0 Å². The lowest BCUT2D eigenvalue weighted by atomic mass is 9.88. The Bertz CT molecular complexity index is 4180. The zero-order chi connectivity index (χ0) is 86.0. The number of Topliss-reactive ketones (excluding diaryl/α,β-unsaturated/α-hetero) is 5. The number of primary amides is 1. The molecule has 2 saturated heterocycles. The molecule has 0 saturated carbocycles. The van der Waals surface area contributed by atoms with Crippen LogP contribution in [-0.4, -0.2) is 278 Å². The number of anilines is 1. The van der Waals surface area contributed by atoms with Crippen LogP contribution < -0.4 is 37.6 Å². The summed E-state index contributed by atoms with van der Waals surface area (Å²) in [6, 6.07) is 17.6. The molecule has 4 heterocycles.